The Hall–Kier alpha value is -6.89. The lowest BCUT2D eigenvalue weighted by molar-refractivity contribution is -0.869. The Labute approximate surface area is 719 Å². The molecule has 1 aromatic rings. The minimum Gasteiger partial charge on any atom is -0.390 e. The topological polar surface area (TPSA) is 400 Å². The number of amides is 7. The second-order valence-corrected chi connectivity index (χ2v) is 34.4. The van der Waals surface area contributed by atoms with Crippen molar-refractivity contribution in [1.29, 1.82) is 0 Å². The lowest BCUT2D eigenvalue weighted by Crippen LogP contribution is -2.71. The summed E-state index contributed by atoms with van der Waals surface area (Å²) in [6.45, 7) is 18.2. The quantitative estimate of drug-likeness (QED) is 0.0251. The van der Waals surface area contributed by atoms with Gasteiger partial charge in [0.05, 0.1) is 177 Å². The van der Waals surface area contributed by atoms with Gasteiger partial charge in [0.2, 0.25) is 41.4 Å². The number of nitrogens with zero attached hydrogens (tertiary/aromatic N) is 4. The normalized spacial score (nSPS) is 25.1. The number of quaternary nitrogens is 1. The number of ketones is 2. The Morgan fingerprint density at radius 2 is 1.30 bits per heavy atom. The van der Waals surface area contributed by atoms with Gasteiger partial charge in [0.25, 0.3) is 0 Å². The van der Waals surface area contributed by atoms with Gasteiger partial charge in [-0.3, -0.25) is 43.2 Å². The van der Waals surface area contributed by atoms with E-state index in [1.807, 2.05) is 18.5 Å². The van der Waals surface area contributed by atoms with E-state index in [0.717, 1.165) is 80.6 Å². The highest BCUT2D eigenvalue weighted by Crippen LogP contribution is 2.72. The highest BCUT2D eigenvalue weighted by atomic mass is 19.1. The van der Waals surface area contributed by atoms with Crippen LogP contribution >= 0.6 is 0 Å². The first-order valence-corrected chi connectivity index (χ1v) is 44.2. The van der Waals surface area contributed by atoms with Gasteiger partial charge in [-0.05, 0) is 127 Å². The van der Waals surface area contributed by atoms with E-state index in [9.17, 15) is 43.5 Å². The lowest BCUT2D eigenvalue weighted by atomic mass is 9.44. The monoisotopic (exact) mass is 1730 g/mol. The van der Waals surface area contributed by atoms with Crippen molar-refractivity contribution in [2.24, 2.45) is 28.6 Å². The molecule has 1 aromatic heterocycles. The summed E-state index contributed by atoms with van der Waals surface area (Å²) in [4.78, 5) is 121. The first-order valence-electron chi connectivity index (χ1n) is 44.2. The molecule has 2 heterocycles. The first-order chi connectivity index (χ1) is 58.4. The number of hydrogen-bond acceptors (Lipinski definition) is 24. The molecule has 6 aliphatic rings. The molecule has 5 aliphatic carbocycles. The number of nitrogens with one attached hydrogen (secondary N) is 7. The molecule has 3 saturated carbocycles. The summed E-state index contributed by atoms with van der Waals surface area (Å²) in [5.41, 5.74) is -5.64. The van der Waals surface area contributed by atoms with E-state index in [0.29, 0.717) is 143 Å². The van der Waals surface area contributed by atoms with E-state index < -0.39 is 130 Å². The lowest BCUT2D eigenvalue weighted by Gasteiger charge is -2.63. The molecule has 1 saturated heterocycles. The number of allylic oxidation sites excluding steroid dienone is 4. The van der Waals surface area contributed by atoms with Crippen molar-refractivity contribution in [2.75, 3.05) is 173 Å². The second-order valence-electron chi connectivity index (χ2n) is 34.4. The van der Waals surface area contributed by atoms with Gasteiger partial charge in [0.15, 0.2) is 29.1 Å². The number of unbranched alkanes of at least 4 members (excludes halogenated alkanes) is 4. The Kier molecular flexibility index (Phi) is 43.8. The van der Waals surface area contributed by atoms with Crippen LogP contribution in [0.15, 0.2) is 23.8 Å². The molecule has 0 aromatic carbocycles. The third kappa shape index (κ3) is 30.7. The van der Waals surface area contributed by atoms with E-state index in [2.05, 4.69) is 74.6 Å². The summed E-state index contributed by atoms with van der Waals surface area (Å²) in [5.74, 6) is -4.23. The predicted octanol–water partition coefficient (Wildman–Crippen LogP) is 4.60. The fourth-order valence-electron chi connectivity index (χ4n) is 17.2. The molecule has 4 fully saturated rings. The number of hydrogen-bond donors (Lipinski definition) is 8. The van der Waals surface area contributed by atoms with Crippen LogP contribution in [0.25, 0.3) is 0 Å². The van der Waals surface area contributed by atoms with E-state index >= 15 is 13.6 Å². The van der Waals surface area contributed by atoms with E-state index in [4.69, 9.17) is 63.3 Å². The van der Waals surface area contributed by atoms with Gasteiger partial charge in [0.1, 0.15) is 49.3 Å². The fourth-order valence-corrected chi connectivity index (χ4v) is 17.2. The van der Waals surface area contributed by atoms with Crippen LogP contribution in [0, 0.1) is 40.9 Å². The number of terminal acetylenes is 1. The number of rotatable bonds is 61. The van der Waals surface area contributed by atoms with Crippen LogP contribution in [0.3, 0.4) is 0 Å². The molecule has 690 valence electrons. The molecule has 1 aliphatic heterocycles. The molecule has 0 radical (unpaired) electrons. The van der Waals surface area contributed by atoms with Gasteiger partial charge < -0.3 is 104 Å². The molecule has 7 rings (SSSR count). The number of carbonyl (C=O) groups is 9. The van der Waals surface area contributed by atoms with Gasteiger partial charge >= 0.3 is 0 Å². The molecule has 3 unspecified atom stereocenters. The van der Waals surface area contributed by atoms with Crippen molar-refractivity contribution in [3.8, 4) is 12.3 Å². The van der Waals surface area contributed by atoms with Crippen LogP contribution in [0.5, 0.6) is 0 Å². The molecule has 33 nitrogen and oxygen atoms in total. The SMILES string of the molecule is C#CCCCCCC(C)OCC(=O)NCCOCCOCCOCCOCCC(=O)N[C@H](CCCCNC(=O)COC1CCCCCc2c1nnn2CCOCCOCCOCCOCCC(=O)NCC[N+](C)(C)C)C(=O)N[C@H](C(=O)N[C@@H](C)C(=O)NCC(=O)[C@@]12OC(CCC)O[C@@H]1C[C@H]1[C@@H]3C[C@H](F)C4=CC(=O)C=C[C@]4(C)[C@@]3(F)[C@@H](O)C[C@@]12C)C(C)C. The summed E-state index contributed by atoms with van der Waals surface area (Å²) in [5, 5.41) is 40.5. The third-order valence-corrected chi connectivity index (χ3v) is 23.9. The number of fused-ring (bicyclic) bond motifs is 8. The number of carbonyl (C=O) groups excluding carboxylic acids is 9. The molecule has 0 spiro atoms. The molecular formula is C87H142F2N11O22+. The first kappa shape index (κ1) is 102. The van der Waals surface area contributed by atoms with Crippen LogP contribution < -0.4 is 37.2 Å². The number of aliphatic hydroxyl groups is 1. The van der Waals surface area contributed by atoms with Crippen molar-refractivity contribution in [2.45, 2.75) is 250 Å². The highest BCUT2D eigenvalue weighted by molar-refractivity contribution is 6.01. The summed E-state index contributed by atoms with van der Waals surface area (Å²) < 4.78 is 107. The van der Waals surface area contributed by atoms with E-state index in [-0.39, 0.29) is 108 Å². The van der Waals surface area contributed by atoms with Crippen molar-refractivity contribution < 1.29 is 118 Å². The van der Waals surface area contributed by atoms with Gasteiger partial charge in [0, 0.05) is 49.1 Å². The highest BCUT2D eigenvalue weighted by Gasteiger charge is 2.80. The molecule has 15 atom stereocenters. The molecular weight excluding hydrogens is 1590 g/mol. The van der Waals surface area contributed by atoms with Crippen LogP contribution in [-0.4, -0.2) is 310 Å². The van der Waals surface area contributed by atoms with Crippen molar-refractivity contribution >= 4 is 52.9 Å². The number of aromatic nitrogens is 3. The zero-order valence-corrected chi connectivity index (χ0v) is 73.9. The fraction of sp³-hybridized carbons (Fsp3) is 0.805. The minimum atomic E-state index is -2.43. The Morgan fingerprint density at radius 3 is 1.95 bits per heavy atom. The van der Waals surface area contributed by atoms with Crippen molar-refractivity contribution in [3.63, 3.8) is 0 Å². The number of likely N-dealkylation sites (N-methyl/N-ethyl adjacent to an activating group) is 1. The second kappa shape index (κ2) is 52.3. The number of halogens is 2. The zero-order valence-electron chi connectivity index (χ0n) is 73.9. The van der Waals surface area contributed by atoms with Crippen LogP contribution in [-0.2, 0) is 113 Å². The average molecular weight is 1730 g/mol. The molecule has 8 N–H and O–H groups in total. The Balaban J connectivity index is 0.852. The standard InChI is InChI=1S/C87H141F2N11O22/c1-12-14-15-16-18-24-61(5)119-58-76(106)92-34-39-113-43-47-117-51-49-116-46-42-112-38-30-75(105)95-68(25-21-22-32-90-77(107)59-120-70-27-20-17-19-26-69-80(70)97-98-99(69)35-40-114-44-48-118-52-50-115-45-41-111-37-29-74(104)91-33-36-100(9,10)11)82(109)96-79(60(3)4)83(110)94-62(6)81(108)93-57-72(103)87-73(121-78(122-87)23-13-2)55-64-65-54-67(88)66-53-63(101)28-31-84(66,7)86(65,89)71(102)56-85(64,87)8/h1,28,31,53,60-62,64-65,67-68,70-71,73,78-79,102H,13-27,29-30,32-52,54-59H2,2-11H3,(H6-,90,91,92,93,94,95,96,104,105,106,107,108,109,110)/p+1/t61?,62-,64-,65-,67-,68+,70?,71-,73+,78?,79-,84-,85-,86-,87+/m0/s1. The van der Waals surface area contributed by atoms with Gasteiger partial charge in [-0.1, -0.05) is 71.1 Å². The van der Waals surface area contributed by atoms with E-state index in [1.54, 1.807) is 20.8 Å². The van der Waals surface area contributed by atoms with Gasteiger partial charge in [-0.2, -0.15) is 0 Å². The van der Waals surface area contributed by atoms with E-state index in [1.165, 1.54) is 26.0 Å². The summed E-state index contributed by atoms with van der Waals surface area (Å²) >= 11 is 0. The Bertz CT molecular complexity index is 3560. The van der Waals surface area contributed by atoms with Crippen LogP contribution in [0.1, 0.15) is 188 Å². The molecule has 122 heavy (non-hydrogen) atoms. The largest absolute Gasteiger partial charge is 0.390 e. The third-order valence-electron chi connectivity index (χ3n) is 23.9. The number of alkyl halides is 2. The predicted molar refractivity (Wildman–Crippen MR) is 446 cm³/mol. The molecule has 35 heteroatoms. The van der Waals surface area contributed by atoms with Crippen molar-refractivity contribution in [3.05, 3.63) is 35.2 Å². The zero-order chi connectivity index (χ0) is 88.7. The maximum atomic E-state index is 18.2. The average Bonchev–Trinajstić information content (AvgIpc) is 1.46. The molecule has 0 bridgehead atoms. The molecule has 7 amide bonds. The number of aliphatic hydroxyl groups excluding tert-OH is 1. The maximum absolute atomic E-state index is 18.2. The smallest absolute Gasteiger partial charge is 0.246 e. The summed E-state index contributed by atoms with van der Waals surface area (Å²) in [7, 11) is 6.22. The Morgan fingerprint density at radius 1 is 0.689 bits per heavy atom. The summed E-state index contributed by atoms with van der Waals surface area (Å²) in [6.07, 6.45) is 13.4. The minimum absolute atomic E-state index is 0.0191. The maximum Gasteiger partial charge on any atom is 0.246 e. The van der Waals surface area contributed by atoms with Gasteiger partial charge in [-0.15, -0.1) is 17.4 Å². The number of Topliss-reactive ketones (excluding diaryl/α,β-unsaturated/α-hetero) is 1. The van der Waals surface area contributed by atoms with Crippen molar-refractivity contribution in [1.82, 2.24) is 52.2 Å². The number of ether oxygens (including phenoxy) is 12. The van der Waals surface area contributed by atoms with Crippen LogP contribution in [0.2, 0.25) is 0 Å². The summed E-state index contributed by atoms with van der Waals surface area (Å²) in [6, 6.07) is -3.69. The van der Waals surface area contributed by atoms with Crippen LogP contribution in [0.4, 0.5) is 8.78 Å². The van der Waals surface area contributed by atoms with Gasteiger partial charge in [-0.25, -0.2) is 13.5 Å².